The van der Waals surface area contributed by atoms with Crippen LogP contribution in [0.2, 0.25) is 0 Å². The molecule has 0 aliphatic carbocycles. The molecule has 0 bridgehead atoms. The molecule has 16 heavy (non-hydrogen) atoms. The summed E-state index contributed by atoms with van der Waals surface area (Å²) in [4.78, 5) is 3.72. The molecule has 0 saturated carbocycles. The van der Waals surface area contributed by atoms with E-state index in [1.807, 2.05) is 0 Å². The molecule has 0 unspecified atom stereocenters. The largest absolute Gasteiger partial charge is 0.508 e. The zero-order chi connectivity index (χ0) is 10.7. The van der Waals surface area contributed by atoms with Crippen molar-refractivity contribution in [3.63, 3.8) is 0 Å². The number of aromatic hydroxyl groups is 2. The fourth-order valence-corrected chi connectivity index (χ4v) is 0.945. The van der Waals surface area contributed by atoms with E-state index in [1.54, 1.807) is 0 Å². The van der Waals surface area contributed by atoms with Gasteiger partial charge in [-0.2, -0.15) is 10.1 Å². The number of phenolic OH excluding ortho intramolecular Hbond substituents is 2. The number of rotatable bonds is 2. The minimum absolute atomic E-state index is 0. The van der Waals surface area contributed by atoms with Gasteiger partial charge in [-0.3, -0.25) is 0 Å². The molecule has 1 aromatic heterocycles. The van der Waals surface area contributed by atoms with Gasteiger partial charge in [0.1, 0.15) is 23.5 Å². The molecule has 2 rings (SSSR count). The summed E-state index contributed by atoms with van der Waals surface area (Å²) in [5.41, 5.74) is 0.240. The van der Waals surface area contributed by atoms with Crippen LogP contribution in [0.15, 0.2) is 34.8 Å². The summed E-state index contributed by atoms with van der Waals surface area (Å²) in [5.74, 6) is 0.0480. The van der Waals surface area contributed by atoms with Gasteiger partial charge < -0.3 is 10.2 Å². The second-order valence-corrected chi connectivity index (χ2v) is 2.68. The van der Waals surface area contributed by atoms with E-state index in [0.29, 0.717) is 0 Å². The van der Waals surface area contributed by atoms with Crippen molar-refractivity contribution in [2.75, 3.05) is 0 Å². The van der Waals surface area contributed by atoms with Crippen molar-refractivity contribution in [3.05, 3.63) is 24.5 Å². The van der Waals surface area contributed by atoms with E-state index in [-0.39, 0.29) is 30.6 Å². The van der Waals surface area contributed by atoms with Crippen LogP contribution in [0.25, 0.3) is 0 Å². The third kappa shape index (κ3) is 2.53. The number of hydrogen-bond donors (Lipinski definition) is 3. The second-order valence-electron chi connectivity index (χ2n) is 2.68. The highest BCUT2D eigenvalue weighted by atomic mass is 16.3. The Balaban J connectivity index is 0.00000128. The monoisotopic (exact) mass is 221 g/mol. The smallest absolute Gasteiger partial charge is 0.264 e. The van der Waals surface area contributed by atoms with Crippen molar-refractivity contribution in [3.8, 4) is 11.5 Å². The van der Waals surface area contributed by atoms with E-state index in [4.69, 9.17) is 5.11 Å². The Bertz CT molecular complexity index is 481. The molecule has 0 aliphatic heterocycles. The Morgan fingerprint density at radius 2 is 2.00 bits per heavy atom. The Hall–Kier alpha value is -2.44. The normalized spacial score (nSPS) is 10.2. The molecule has 7 nitrogen and oxygen atoms in total. The third-order valence-corrected chi connectivity index (χ3v) is 1.61. The van der Waals surface area contributed by atoms with Crippen LogP contribution in [0.4, 0.5) is 11.6 Å². The van der Waals surface area contributed by atoms with Gasteiger partial charge >= 0.3 is 0 Å². The minimum atomic E-state index is -0.154. The SMILES string of the molecule is C.Oc1ccc(N=Nc2ncn[nH]2)c(O)c1. The lowest BCUT2D eigenvalue weighted by Gasteiger charge is -1.96. The first kappa shape index (κ1) is 11.6. The molecule has 1 heterocycles. The molecule has 0 saturated heterocycles. The Kier molecular flexibility index (Phi) is 3.54. The van der Waals surface area contributed by atoms with Crippen LogP contribution in [0.1, 0.15) is 7.43 Å². The molecule has 0 spiro atoms. The number of aromatic nitrogens is 3. The molecular formula is C9H11N5O2. The van der Waals surface area contributed by atoms with Gasteiger partial charge in [0.2, 0.25) is 0 Å². The average molecular weight is 221 g/mol. The van der Waals surface area contributed by atoms with Crippen LogP contribution >= 0.6 is 0 Å². The fraction of sp³-hybridized carbons (Fsp3) is 0.111. The summed E-state index contributed by atoms with van der Waals surface area (Å²) in [6, 6.07) is 4.01. The quantitative estimate of drug-likeness (QED) is 0.676. The van der Waals surface area contributed by atoms with E-state index < -0.39 is 0 Å². The molecule has 7 heteroatoms. The van der Waals surface area contributed by atoms with Gasteiger partial charge in [-0.25, -0.2) is 5.10 Å². The highest BCUT2D eigenvalue weighted by Crippen LogP contribution is 2.30. The van der Waals surface area contributed by atoms with Crippen LogP contribution in [0.3, 0.4) is 0 Å². The summed E-state index contributed by atoms with van der Waals surface area (Å²) in [7, 11) is 0. The van der Waals surface area contributed by atoms with Crippen molar-refractivity contribution < 1.29 is 10.2 Å². The van der Waals surface area contributed by atoms with E-state index >= 15 is 0 Å². The summed E-state index contributed by atoms with van der Waals surface area (Å²) in [6.45, 7) is 0. The molecule has 2 aromatic rings. The fourth-order valence-electron chi connectivity index (χ4n) is 0.945. The van der Waals surface area contributed by atoms with Crippen LogP contribution < -0.4 is 0 Å². The zero-order valence-corrected chi connectivity index (χ0v) is 7.49. The Morgan fingerprint density at radius 1 is 1.19 bits per heavy atom. The lowest BCUT2D eigenvalue weighted by atomic mass is 10.3. The van der Waals surface area contributed by atoms with Crippen LogP contribution in [-0.2, 0) is 0 Å². The standard InChI is InChI=1S/C8H7N5O2.CH4/c14-5-1-2-6(7(15)3-5)11-13-8-9-4-10-12-8;/h1-4,14-15H,(H,9,10,12);1H4. The molecule has 3 N–H and O–H groups in total. The number of nitrogens with one attached hydrogen (secondary N) is 1. The molecule has 0 fully saturated rings. The summed E-state index contributed by atoms with van der Waals surface area (Å²) < 4.78 is 0. The molecule has 84 valence electrons. The highest BCUT2D eigenvalue weighted by Gasteiger charge is 2.00. The summed E-state index contributed by atoms with van der Waals surface area (Å²) in [5, 5.41) is 31.9. The number of nitrogens with zero attached hydrogens (tertiary/aromatic N) is 4. The molecule has 0 amide bonds. The van der Waals surface area contributed by atoms with Gasteiger partial charge in [-0.05, 0) is 12.1 Å². The number of hydrogen-bond acceptors (Lipinski definition) is 6. The van der Waals surface area contributed by atoms with E-state index in [9.17, 15) is 5.11 Å². The minimum Gasteiger partial charge on any atom is -0.508 e. The maximum absolute atomic E-state index is 9.36. The Morgan fingerprint density at radius 3 is 2.62 bits per heavy atom. The first-order chi connectivity index (χ1) is 7.25. The lowest BCUT2D eigenvalue weighted by Crippen LogP contribution is -1.69. The van der Waals surface area contributed by atoms with E-state index in [0.717, 1.165) is 0 Å². The van der Waals surface area contributed by atoms with Crippen LogP contribution in [0, 0.1) is 0 Å². The maximum Gasteiger partial charge on any atom is 0.264 e. The third-order valence-electron chi connectivity index (χ3n) is 1.61. The first-order valence-electron chi connectivity index (χ1n) is 4.05. The number of azo groups is 1. The topological polar surface area (TPSA) is 107 Å². The lowest BCUT2D eigenvalue weighted by molar-refractivity contribution is 0.451. The summed E-state index contributed by atoms with van der Waals surface area (Å²) >= 11 is 0. The number of H-pyrrole nitrogens is 1. The van der Waals surface area contributed by atoms with Gasteiger partial charge in [-0.15, -0.1) is 10.2 Å². The van der Waals surface area contributed by atoms with Gasteiger partial charge in [-0.1, -0.05) is 7.43 Å². The first-order valence-corrected chi connectivity index (χ1v) is 4.05. The van der Waals surface area contributed by atoms with Crippen LogP contribution in [0.5, 0.6) is 11.5 Å². The average Bonchev–Trinajstić information content (AvgIpc) is 2.69. The van der Waals surface area contributed by atoms with Crippen molar-refractivity contribution >= 4 is 11.6 Å². The maximum atomic E-state index is 9.36. The van der Waals surface area contributed by atoms with Gasteiger partial charge in [0.05, 0.1) is 0 Å². The van der Waals surface area contributed by atoms with Crippen molar-refractivity contribution in [1.29, 1.82) is 0 Å². The molecular weight excluding hydrogens is 210 g/mol. The number of aromatic amines is 1. The van der Waals surface area contributed by atoms with Crippen LogP contribution in [-0.4, -0.2) is 25.4 Å². The van der Waals surface area contributed by atoms with Crippen molar-refractivity contribution in [2.24, 2.45) is 10.2 Å². The zero-order valence-electron chi connectivity index (χ0n) is 7.49. The number of phenols is 2. The molecule has 1 aromatic carbocycles. The van der Waals surface area contributed by atoms with Gasteiger partial charge in [0.25, 0.3) is 5.95 Å². The second kappa shape index (κ2) is 4.87. The Labute approximate surface area is 91.5 Å². The highest BCUT2D eigenvalue weighted by molar-refractivity contribution is 5.53. The van der Waals surface area contributed by atoms with E-state index in [1.165, 1.54) is 24.5 Å². The number of benzene rings is 1. The summed E-state index contributed by atoms with van der Waals surface area (Å²) in [6.07, 6.45) is 1.30. The predicted octanol–water partition coefficient (Wildman–Crippen LogP) is 2.27. The molecule has 0 radical (unpaired) electrons. The molecule has 0 atom stereocenters. The molecule has 0 aliphatic rings. The van der Waals surface area contributed by atoms with Crippen molar-refractivity contribution in [1.82, 2.24) is 15.2 Å². The van der Waals surface area contributed by atoms with Gasteiger partial charge in [0, 0.05) is 6.07 Å². The van der Waals surface area contributed by atoms with Crippen molar-refractivity contribution in [2.45, 2.75) is 7.43 Å². The van der Waals surface area contributed by atoms with Gasteiger partial charge in [0.15, 0.2) is 0 Å². The predicted molar refractivity (Wildman–Crippen MR) is 57.1 cm³/mol. The van der Waals surface area contributed by atoms with E-state index in [2.05, 4.69) is 25.4 Å².